The number of ether oxygens (including phenoxy) is 1. The number of hydrogen-bond donors (Lipinski definition) is 0. The van der Waals surface area contributed by atoms with Crippen molar-refractivity contribution in [2.24, 2.45) is 4.99 Å². The summed E-state index contributed by atoms with van der Waals surface area (Å²) in [5, 5.41) is 0. The molecule has 0 unspecified atom stereocenters. The van der Waals surface area contributed by atoms with Gasteiger partial charge in [0.2, 0.25) is 0 Å². The highest BCUT2D eigenvalue weighted by Crippen LogP contribution is 2.14. The van der Waals surface area contributed by atoms with E-state index >= 15 is 0 Å². The molecule has 0 fully saturated rings. The van der Waals surface area contributed by atoms with Gasteiger partial charge in [-0.1, -0.05) is 42.5 Å². The Morgan fingerprint density at radius 2 is 1.44 bits per heavy atom. The first kappa shape index (κ1) is 21.3. The van der Waals surface area contributed by atoms with Crippen LogP contribution in [0.1, 0.15) is 11.1 Å². The van der Waals surface area contributed by atoms with Gasteiger partial charge in [-0.05, 0) is 29.7 Å². The average molecular weight is 453 g/mol. The maximum atomic E-state index is 5.81. The molecule has 4 nitrogen and oxygen atoms in total. The standard InChI is InChI=1S/C20H27N3O.HI/c1-22(2)20(23(3)4)21-15-14-17-10-12-19(13-11-17)24-16-18-8-6-5-7-9-18;/h5-13H,14-16H2,1-4H3;1H. The summed E-state index contributed by atoms with van der Waals surface area (Å²) < 4.78 is 5.81. The van der Waals surface area contributed by atoms with E-state index in [9.17, 15) is 0 Å². The Morgan fingerprint density at radius 3 is 2.00 bits per heavy atom. The molecule has 0 bridgehead atoms. The predicted molar refractivity (Wildman–Crippen MR) is 116 cm³/mol. The average Bonchev–Trinajstić information content (AvgIpc) is 2.58. The van der Waals surface area contributed by atoms with Crippen molar-refractivity contribution in [1.29, 1.82) is 0 Å². The van der Waals surface area contributed by atoms with Gasteiger partial charge in [0.05, 0.1) is 0 Å². The van der Waals surface area contributed by atoms with Crippen LogP contribution in [-0.2, 0) is 13.0 Å². The molecule has 2 aromatic carbocycles. The van der Waals surface area contributed by atoms with E-state index in [0.29, 0.717) is 6.61 Å². The second kappa shape index (κ2) is 11.0. The lowest BCUT2D eigenvalue weighted by atomic mass is 10.1. The molecule has 0 aliphatic carbocycles. The quantitative estimate of drug-likeness (QED) is 0.377. The second-order valence-electron chi connectivity index (χ2n) is 6.14. The van der Waals surface area contributed by atoms with Crippen LogP contribution in [0.25, 0.3) is 0 Å². The van der Waals surface area contributed by atoms with Gasteiger partial charge >= 0.3 is 0 Å². The van der Waals surface area contributed by atoms with Gasteiger partial charge in [0.1, 0.15) is 12.4 Å². The fraction of sp³-hybridized carbons (Fsp3) is 0.350. The molecule has 5 heteroatoms. The van der Waals surface area contributed by atoms with Crippen LogP contribution >= 0.6 is 24.0 Å². The van der Waals surface area contributed by atoms with Crippen LogP contribution in [0, 0.1) is 0 Å². The molecular weight excluding hydrogens is 425 g/mol. The van der Waals surface area contributed by atoms with Gasteiger partial charge in [0, 0.05) is 34.7 Å². The molecular formula is C20H28IN3O. The summed E-state index contributed by atoms with van der Waals surface area (Å²) in [4.78, 5) is 8.71. The first-order valence-electron chi connectivity index (χ1n) is 8.21. The monoisotopic (exact) mass is 453 g/mol. The maximum Gasteiger partial charge on any atom is 0.195 e. The third-order valence-corrected chi connectivity index (χ3v) is 3.63. The Morgan fingerprint density at radius 1 is 0.840 bits per heavy atom. The van der Waals surface area contributed by atoms with Gasteiger partial charge < -0.3 is 14.5 Å². The highest BCUT2D eigenvalue weighted by Gasteiger charge is 2.03. The van der Waals surface area contributed by atoms with E-state index in [0.717, 1.165) is 24.7 Å². The minimum absolute atomic E-state index is 0. The Bertz CT molecular complexity index is 630. The van der Waals surface area contributed by atoms with Crippen molar-refractivity contribution in [3.05, 3.63) is 65.7 Å². The van der Waals surface area contributed by atoms with Crippen LogP contribution in [0.3, 0.4) is 0 Å². The minimum Gasteiger partial charge on any atom is -0.489 e. The van der Waals surface area contributed by atoms with Crippen molar-refractivity contribution in [3.8, 4) is 5.75 Å². The van der Waals surface area contributed by atoms with Crippen LogP contribution in [0.5, 0.6) is 5.75 Å². The van der Waals surface area contributed by atoms with Gasteiger partial charge in [0.15, 0.2) is 5.96 Å². The van der Waals surface area contributed by atoms with Crippen LogP contribution in [0.15, 0.2) is 59.6 Å². The highest BCUT2D eigenvalue weighted by atomic mass is 127. The van der Waals surface area contributed by atoms with Gasteiger partial charge in [-0.2, -0.15) is 0 Å². The van der Waals surface area contributed by atoms with Crippen molar-refractivity contribution in [2.75, 3.05) is 34.7 Å². The molecule has 0 spiro atoms. The molecule has 0 heterocycles. The van der Waals surface area contributed by atoms with Gasteiger partial charge in [-0.3, -0.25) is 4.99 Å². The second-order valence-corrected chi connectivity index (χ2v) is 6.14. The molecule has 136 valence electrons. The van der Waals surface area contributed by atoms with Crippen molar-refractivity contribution in [3.63, 3.8) is 0 Å². The third-order valence-electron chi connectivity index (χ3n) is 3.63. The van der Waals surface area contributed by atoms with E-state index in [-0.39, 0.29) is 24.0 Å². The fourth-order valence-electron chi connectivity index (χ4n) is 2.46. The van der Waals surface area contributed by atoms with E-state index in [4.69, 9.17) is 4.74 Å². The maximum absolute atomic E-state index is 5.81. The molecule has 0 radical (unpaired) electrons. The summed E-state index contributed by atoms with van der Waals surface area (Å²) in [6.45, 7) is 1.37. The first-order valence-corrected chi connectivity index (χ1v) is 8.21. The summed E-state index contributed by atoms with van der Waals surface area (Å²) >= 11 is 0. The number of rotatable bonds is 6. The summed E-state index contributed by atoms with van der Waals surface area (Å²) in [6.07, 6.45) is 0.921. The van der Waals surface area contributed by atoms with Crippen LogP contribution in [0.4, 0.5) is 0 Å². The van der Waals surface area contributed by atoms with E-state index in [1.165, 1.54) is 11.1 Å². The highest BCUT2D eigenvalue weighted by molar-refractivity contribution is 14.0. The third kappa shape index (κ3) is 7.34. The summed E-state index contributed by atoms with van der Waals surface area (Å²) in [5.41, 5.74) is 2.44. The normalized spacial score (nSPS) is 9.76. The lowest BCUT2D eigenvalue weighted by molar-refractivity contribution is 0.306. The van der Waals surface area contributed by atoms with Crippen LogP contribution in [-0.4, -0.2) is 50.5 Å². The number of guanidine groups is 1. The molecule has 2 aromatic rings. The first-order chi connectivity index (χ1) is 11.6. The molecule has 0 saturated heterocycles. The molecule has 0 aliphatic rings. The predicted octanol–water partition coefficient (Wildman–Crippen LogP) is 3.91. The molecule has 0 aliphatic heterocycles. The van der Waals surface area contributed by atoms with Crippen molar-refractivity contribution in [1.82, 2.24) is 9.80 Å². The smallest absolute Gasteiger partial charge is 0.195 e. The Balaban J connectivity index is 0.00000312. The Kier molecular flexibility index (Phi) is 9.34. The van der Waals surface area contributed by atoms with E-state index in [1.807, 2.05) is 68.3 Å². The topological polar surface area (TPSA) is 28.1 Å². The number of benzene rings is 2. The molecule has 0 N–H and O–H groups in total. The molecule has 0 amide bonds. The lowest BCUT2D eigenvalue weighted by Gasteiger charge is -2.22. The Labute approximate surface area is 168 Å². The largest absolute Gasteiger partial charge is 0.489 e. The van der Waals surface area contributed by atoms with Gasteiger partial charge in [-0.15, -0.1) is 24.0 Å². The van der Waals surface area contributed by atoms with Gasteiger partial charge in [-0.25, -0.2) is 0 Å². The van der Waals surface area contributed by atoms with Crippen molar-refractivity contribution in [2.45, 2.75) is 13.0 Å². The van der Waals surface area contributed by atoms with E-state index < -0.39 is 0 Å². The molecule has 25 heavy (non-hydrogen) atoms. The molecule has 2 rings (SSSR count). The number of halogens is 1. The minimum atomic E-state index is 0. The Hall–Kier alpha value is -1.76. The lowest BCUT2D eigenvalue weighted by Crippen LogP contribution is -2.35. The van der Waals surface area contributed by atoms with E-state index in [1.54, 1.807) is 0 Å². The van der Waals surface area contributed by atoms with Crippen molar-refractivity contribution >= 4 is 29.9 Å². The number of nitrogens with zero attached hydrogens (tertiary/aromatic N) is 3. The summed E-state index contributed by atoms with van der Waals surface area (Å²) in [7, 11) is 8.05. The number of hydrogen-bond acceptors (Lipinski definition) is 2. The zero-order valence-corrected chi connectivity index (χ0v) is 17.8. The fourth-order valence-corrected chi connectivity index (χ4v) is 2.46. The van der Waals surface area contributed by atoms with Crippen LogP contribution < -0.4 is 4.74 Å². The van der Waals surface area contributed by atoms with Crippen LogP contribution in [0.2, 0.25) is 0 Å². The molecule has 0 atom stereocenters. The summed E-state index contributed by atoms with van der Waals surface area (Å²) in [5.74, 6) is 1.88. The molecule has 0 aromatic heterocycles. The molecule has 0 saturated carbocycles. The zero-order valence-electron chi connectivity index (χ0n) is 15.5. The summed E-state index contributed by atoms with van der Waals surface area (Å²) in [6, 6.07) is 18.5. The van der Waals surface area contributed by atoms with Gasteiger partial charge in [0.25, 0.3) is 0 Å². The SMILES string of the molecule is CN(C)C(=NCCc1ccc(OCc2ccccc2)cc1)N(C)C.I. The van der Waals surface area contributed by atoms with Crippen molar-refractivity contribution < 1.29 is 4.74 Å². The zero-order chi connectivity index (χ0) is 17.4. The number of aliphatic imine (C=N–C) groups is 1. The van der Waals surface area contributed by atoms with E-state index in [2.05, 4.69) is 29.3 Å².